The van der Waals surface area contributed by atoms with Gasteiger partial charge in [0.15, 0.2) is 5.82 Å². The fraction of sp³-hybridized carbons (Fsp3) is 0.636. The summed E-state index contributed by atoms with van der Waals surface area (Å²) in [5.74, 6) is 1.09. The number of carbonyl (C=O) groups excluding carboxylic acids is 1. The predicted molar refractivity (Wildman–Crippen MR) is 61.9 cm³/mol. The largest absolute Gasteiger partial charge is 0.378 e. The molecular weight excluding hydrogens is 222 g/mol. The number of amides is 2. The third-order valence-corrected chi connectivity index (χ3v) is 2.65. The van der Waals surface area contributed by atoms with E-state index in [4.69, 9.17) is 9.26 Å². The fourth-order valence-electron chi connectivity index (χ4n) is 1.80. The van der Waals surface area contributed by atoms with E-state index in [0.717, 1.165) is 25.9 Å². The van der Waals surface area contributed by atoms with E-state index >= 15 is 0 Å². The molecule has 0 aliphatic carbocycles. The molecule has 0 aromatic carbocycles. The highest BCUT2D eigenvalue weighted by Gasteiger charge is 2.15. The molecule has 6 nitrogen and oxygen atoms in total. The Labute approximate surface area is 99.7 Å². The van der Waals surface area contributed by atoms with Crippen LogP contribution in [0.3, 0.4) is 0 Å². The maximum absolute atomic E-state index is 11.5. The first-order valence-corrected chi connectivity index (χ1v) is 5.84. The molecule has 6 heteroatoms. The van der Waals surface area contributed by atoms with Crippen molar-refractivity contribution in [3.63, 3.8) is 0 Å². The van der Waals surface area contributed by atoms with E-state index in [2.05, 4.69) is 15.8 Å². The second-order valence-electron chi connectivity index (χ2n) is 4.13. The van der Waals surface area contributed by atoms with E-state index in [1.54, 1.807) is 13.0 Å². The fourth-order valence-corrected chi connectivity index (χ4v) is 1.80. The Hall–Kier alpha value is -1.56. The molecule has 1 fully saturated rings. The van der Waals surface area contributed by atoms with Crippen LogP contribution in [0.4, 0.5) is 10.6 Å². The molecule has 17 heavy (non-hydrogen) atoms. The van der Waals surface area contributed by atoms with E-state index < -0.39 is 0 Å². The summed E-state index contributed by atoms with van der Waals surface area (Å²) in [5, 5.41) is 9.02. The van der Waals surface area contributed by atoms with Crippen molar-refractivity contribution in [3.8, 4) is 0 Å². The molecule has 2 heterocycles. The molecule has 2 amide bonds. The lowest BCUT2D eigenvalue weighted by molar-refractivity contribution is 0.105. The summed E-state index contributed by atoms with van der Waals surface area (Å²) < 4.78 is 10.3. The van der Waals surface area contributed by atoms with Crippen LogP contribution >= 0.6 is 0 Å². The lowest BCUT2D eigenvalue weighted by Gasteiger charge is -2.09. The summed E-state index contributed by atoms with van der Waals surface area (Å²) in [6.45, 7) is 3.22. The number of aromatic nitrogens is 1. The third kappa shape index (κ3) is 3.74. The van der Waals surface area contributed by atoms with Crippen LogP contribution in [0, 0.1) is 6.92 Å². The van der Waals surface area contributed by atoms with Gasteiger partial charge in [0.25, 0.3) is 0 Å². The molecule has 1 aliphatic heterocycles. The lowest BCUT2D eigenvalue weighted by Crippen LogP contribution is -2.31. The Kier molecular flexibility index (Phi) is 3.98. The Morgan fingerprint density at radius 1 is 1.65 bits per heavy atom. The minimum atomic E-state index is -0.267. The quantitative estimate of drug-likeness (QED) is 0.838. The van der Waals surface area contributed by atoms with Gasteiger partial charge in [0.05, 0.1) is 6.10 Å². The highest BCUT2D eigenvalue weighted by atomic mass is 16.5. The van der Waals surface area contributed by atoms with Crippen LogP contribution in [-0.2, 0) is 4.74 Å². The van der Waals surface area contributed by atoms with Gasteiger partial charge in [0, 0.05) is 19.2 Å². The van der Waals surface area contributed by atoms with Gasteiger partial charge in [-0.05, 0) is 26.2 Å². The van der Waals surface area contributed by atoms with Gasteiger partial charge in [-0.3, -0.25) is 5.32 Å². The van der Waals surface area contributed by atoms with Crippen LogP contribution in [-0.4, -0.2) is 30.4 Å². The van der Waals surface area contributed by atoms with Gasteiger partial charge in [0.1, 0.15) is 5.76 Å². The van der Waals surface area contributed by atoms with Crippen molar-refractivity contribution in [1.29, 1.82) is 0 Å². The van der Waals surface area contributed by atoms with E-state index in [-0.39, 0.29) is 6.03 Å². The van der Waals surface area contributed by atoms with Crippen LogP contribution in [0.25, 0.3) is 0 Å². The third-order valence-electron chi connectivity index (χ3n) is 2.65. The van der Waals surface area contributed by atoms with Crippen molar-refractivity contribution >= 4 is 11.8 Å². The molecule has 1 aliphatic rings. The first kappa shape index (κ1) is 11.9. The molecule has 2 N–H and O–H groups in total. The van der Waals surface area contributed by atoms with E-state index in [1.807, 2.05) is 0 Å². The van der Waals surface area contributed by atoms with Gasteiger partial charge in [-0.2, -0.15) is 0 Å². The van der Waals surface area contributed by atoms with Crippen LogP contribution in [0.5, 0.6) is 0 Å². The summed E-state index contributed by atoms with van der Waals surface area (Å²) in [4.78, 5) is 11.5. The lowest BCUT2D eigenvalue weighted by atomic mass is 10.2. The Morgan fingerprint density at radius 2 is 2.53 bits per heavy atom. The number of anilines is 1. The van der Waals surface area contributed by atoms with E-state index in [9.17, 15) is 4.79 Å². The molecule has 0 bridgehead atoms. The number of carbonyl (C=O) groups is 1. The average Bonchev–Trinajstić information content (AvgIpc) is 2.90. The van der Waals surface area contributed by atoms with Crippen molar-refractivity contribution in [1.82, 2.24) is 10.5 Å². The second-order valence-corrected chi connectivity index (χ2v) is 4.13. The SMILES string of the molecule is Cc1cc(NC(=O)NCC[C@@H]2CCCO2)no1. The first-order valence-electron chi connectivity index (χ1n) is 5.84. The summed E-state index contributed by atoms with van der Waals surface area (Å²) in [6, 6.07) is 1.40. The van der Waals surface area contributed by atoms with Gasteiger partial charge in [-0.15, -0.1) is 0 Å². The van der Waals surface area contributed by atoms with Crippen molar-refractivity contribution in [2.45, 2.75) is 32.3 Å². The van der Waals surface area contributed by atoms with Gasteiger partial charge in [0.2, 0.25) is 0 Å². The number of hydrogen-bond donors (Lipinski definition) is 2. The summed E-state index contributed by atoms with van der Waals surface area (Å²) in [6.07, 6.45) is 3.36. The monoisotopic (exact) mass is 239 g/mol. The van der Waals surface area contributed by atoms with Gasteiger partial charge in [-0.25, -0.2) is 4.79 Å². The number of ether oxygens (including phenoxy) is 1. The number of urea groups is 1. The predicted octanol–water partition coefficient (Wildman–Crippen LogP) is 1.67. The molecule has 0 spiro atoms. The Balaban J connectivity index is 1.63. The topological polar surface area (TPSA) is 76.4 Å². The zero-order valence-electron chi connectivity index (χ0n) is 9.86. The Bertz CT molecular complexity index is 372. The van der Waals surface area contributed by atoms with Crippen LogP contribution in [0.1, 0.15) is 25.0 Å². The van der Waals surface area contributed by atoms with Crippen molar-refractivity contribution in [3.05, 3.63) is 11.8 Å². The average molecular weight is 239 g/mol. The molecule has 1 aromatic heterocycles. The minimum absolute atomic E-state index is 0.267. The maximum Gasteiger partial charge on any atom is 0.320 e. The molecule has 1 aromatic rings. The Morgan fingerprint density at radius 3 is 3.18 bits per heavy atom. The molecule has 0 unspecified atom stereocenters. The van der Waals surface area contributed by atoms with Gasteiger partial charge in [-0.1, -0.05) is 5.16 Å². The number of nitrogens with zero attached hydrogens (tertiary/aromatic N) is 1. The highest BCUT2D eigenvalue weighted by Crippen LogP contribution is 2.14. The summed E-state index contributed by atoms with van der Waals surface area (Å²) in [5.41, 5.74) is 0. The smallest absolute Gasteiger partial charge is 0.320 e. The van der Waals surface area contributed by atoms with E-state index in [0.29, 0.717) is 24.2 Å². The summed E-state index contributed by atoms with van der Waals surface area (Å²) in [7, 11) is 0. The van der Waals surface area contributed by atoms with Crippen LogP contribution in [0.2, 0.25) is 0 Å². The number of nitrogens with one attached hydrogen (secondary N) is 2. The zero-order chi connectivity index (χ0) is 12.1. The van der Waals surface area contributed by atoms with Gasteiger partial charge < -0.3 is 14.6 Å². The van der Waals surface area contributed by atoms with Crippen LogP contribution in [0.15, 0.2) is 10.6 Å². The van der Waals surface area contributed by atoms with Crippen LogP contribution < -0.4 is 10.6 Å². The van der Waals surface area contributed by atoms with Crippen molar-refractivity contribution in [2.75, 3.05) is 18.5 Å². The molecule has 1 saturated heterocycles. The second kappa shape index (κ2) is 5.67. The molecule has 2 rings (SSSR count). The first-order chi connectivity index (χ1) is 8.24. The zero-order valence-corrected chi connectivity index (χ0v) is 9.86. The number of aryl methyl sites for hydroxylation is 1. The molecule has 0 saturated carbocycles. The minimum Gasteiger partial charge on any atom is -0.378 e. The normalized spacial score (nSPS) is 19.2. The number of hydrogen-bond acceptors (Lipinski definition) is 4. The number of rotatable bonds is 4. The van der Waals surface area contributed by atoms with Gasteiger partial charge >= 0.3 is 6.03 Å². The molecular formula is C11H17N3O3. The maximum atomic E-state index is 11.5. The van der Waals surface area contributed by atoms with Crippen molar-refractivity contribution in [2.24, 2.45) is 0 Å². The summed E-state index contributed by atoms with van der Waals surface area (Å²) >= 11 is 0. The highest BCUT2D eigenvalue weighted by molar-refractivity contribution is 5.88. The molecule has 94 valence electrons. The molecule has 0 radical (unpaired) electrons. The van der Waals surface area contributed by atoms with Crippen molar-refractivity contribution < 1.29 is 14.1 Å². The molecule has 1 atom stereocenters. The van der Waals surface area contributed by atoms with E-state index in [1.165, 1.54) is 0 Å². The standard InChI is InChI=1S/C11H17N3O3/c1-8-7-10(14-17-8)13-11(15)12-5-4-9-3-2-6-16-9/h7,9H,2-6H2,1H3,(H2,12,13,14,15)/t9-/m0/s1.